The highest BCUT2D eigenvalue weighted by atomic mass is 16.5. The number of nitrogens with one attached hydrogen (secondary N) is 1. The summed E-state index contributed by atoms with van der Waals surface area (Å²) in [6.45, 7) is 7.47. The minimum absolute atomic E-state index is 0.263. The largest absolute Gasteiger partial charge is 0.497 e. The Hall–Kier alpha value is -3.54. The monoisotopic (exact) mass is 380 g/mol. The number of benzene rings is 2. The van der Waals surface area contributed by atoms with Crippen molar-refractivity contribution in [1.29, 1.82) is 0 Å². The molecule has 0 saturated heterocycles. The summed E-state index contributed by atoms with van der Waals surface area (Å²) in [6, 6.07) is 8.46. The first kappa shape index (κ1) is 20.8. The van der Waals surface area contributed by atoms with E-state index in [9.17, 15) is 9.59 Å². The smallest absolute Gasteiger partial charge is 0.251 e. The highest BCUT2D eigenvalue weighted by Gasteiger charge is 2.15. The summed E-state index contributed by atoms with van der Waals surface area (Å²) in [5.74, 6) is 0.575. The van der Waals surface area contributed by atoms with Gasteiger partial charge < -0.3 is 20.5 Å². The second-order valence-corrected chi connectivity index (χ2v) is 6.19. The minimum Gasteiger partial charge on any atom is -0.497 e. The van der Waals surface area contributed by atoms with Gasteiger partial charge in [-0.05, 0) is 49.2 Å². The van der Waals surface area contributed by atoms with Crippen molar-refractivity contribution in [3.63, 3.8) is 0 Å². The molecule has 0 atom stereocenters. The van der Waals surface area contributed by atoms with Crippen LogP contribution in [0.2, 0.25) is 0 Å². The highest BCUT2D eigenvalue weighted by molar-refractivity contribution is 5.96. The molecule has 28 heavy (non-hydrogen) atoms. The summed E-state index contributed by atoms with van der Waals surface area (Å²) in [4.78, 5) is 23.8. The Bertz CT molecular complexity index is 961. The van der Waals surface area contributed by atoms with E-state index < -0.39 is 5.91 Å². The summed E-state index contributed by atoms with van der Waals surface area (Å²) in [6.07, 6.45) is 3.26. The van der Waals surface area contributed by atoms with Crippen molar-refractivity contribution in [2.75, 3.05) is 14.2 Å². The molecule has 146 valence electrons. The number of nitrogens with two attached hydrogens (primary N) is 1. The molecule has 6 nitrogen and oxygen atoms in total. The molecule has 0 bridgehead atoms. The zero-order valence-electron chi connectivity index (χ0n) is 16.5. The number of carbonyl (C=O) groups is 2. The van der Waals surface area contributed by atoms with Crippen LogP contribution >= 0.6 is 0 Å². The maximum Gasteiger partial charge on any atom is 0.251 e. The SMILES string of the molecule is C=C/C=C(/Oc1cc(OC)cc(C(=O)NC)c1)c1cc(C(N)=O)c(C)cc1C. The number of carbonyl (C=O) groups excluding carboxylic acids is 2. The van der Waals surface area contributed by atoms with Gasteiger partial charge in [0.2, 0.25) is 5.91 Å². The van der Waals surface area contributed by atoms with Crippen molar-refractivity contribution in [3.05, 3.63) is 76.9 Å². The molecule has 0 heterocycles. The summed E-state index contributed by atoms with van der Waals surface area (Å²) < 4.78 is 11.3. The summed E-state index contributed by atoms with van der Waals surface area (Å²) in [5, 5.41) is 2.57. The third-order valence-electron chi connectivity index (χ3n) is 4.20. The molecule has 2 aromatic rings. The summed E-state index contributed by atoms with van der Waals surface area (Å²) >= 11 is 0. The number of ether oxygens (including phenoxy) is 2. The standard InChI is InChI=1S/C22H24N2O4/c1-6-7-20(18-12-19(21(23)25)14(3)8-13(18)2)28-17-10-15(22(26)24-4)9-16(11-17)27-5/h6-12H,1H2,2-5H3,(H2,23,25)(H,24,26)/b20-7+. The van der Waals surface area contributed by atoms with Crippen LogP contribution in [-0.4, -0.2) is 26.0 Å². The maximum absolute atomic E-state index is 12.0. The Morgan fingerprint density at radius 3 is 2.25 bits per heavy atom. The number of aryl methyl sites for hydroxylation is 2. The van der Waals surface area contributed by atoms with Crippen LogP contribution in [-0.2, 0) is 0 Å². The van der Waals surface area contributed by atoms with E-state index in [1.807, 2.05) is 19.9 Å². The molecule has 2 aromatic carbocycles. The average Bonchev–Trinajstić information content (AvgIpc) is 2.66. The van der Waals surface area contributed by atoms with Crippen LogP contribution in [0.3, 0.4) is 0 Å². The molecule has 0 fully saturated rings. The van der Waals surface area contributed by atoms with Gasteiger partial charge in [0.15, 0.2) is 0 Å². The van der Waals surface area contributed by atoms with E-state index in [1.165, 1.54) is 7.11 Å². The van der Waals surface area contributed by atoms with Crippen LogP contribution in [0.1, 0.15) is 37.4 Å². The van der Waals surface area contributed by atoms with Crippen LogP contribution in [0.15, 0.2) is 49.1 Å². The van der Waals surface area contributed by atoms with E-state index in [4.69, 9.17) is 15.2 Å². The van der Waals surface area contributed by atoms with Gasteiger partial charge >= 0.3 is 0 Å². The molecule has 0 unspecified atom stereocenters. The topological polar surface area (TPSA) is 90.7 Å². The van der Waals surface area contributed by atoms with E-state index in [0.717, 1.165) is 11.1 Å². The molecule has 0 spiro atoms. The Morgan fingerprint density at radius 1 is 1.04 bits per heavy atom. The molecule has 0 aromatic heterocycles. The highest BCUT2D eigenvalue weighted by Crippen LogP contribution is 2.29. The quantitative estimate of drug-likeness (QED) is 0.569. The average molecular weight is 380 g/mol. The van der Waals surface area contributed by atoms with E-state index in [0.29, 0.717) is 33.9 Å². The van der Waals surface area contributed by atoms with Crippen molar-refractivity contribution < 1.29 is 19.1 Å². The van der Waals surface area contributed by atoms with Gasteiger partial charge in [0, 0.05) is 29.8 Å². The molecule has 0 aliphatic rings. The van der Waals surface area contributed by atoms with Gasteiger partial charge in [0.05, 0.1) is 7.11 Å². The molecule has 2 amide bonds. The second-order valence-electron chi connectivity index (χ2n) is 6.19. The van der Waals surface area contributed by atoms with Crippen LogP contribution < -0.4 is 20.5 Å². The predicted octanol–water partition coefficient (Wildman–Crippen LogP) is 3.38. The normalized spacial score (nSPS) is 10.9. The minimum atomic E-state index is -0.514. The molecule has 6 heteroatoms. The predicted molar refractivity (Wildman–Crippen MR) is 110 cm³/mol. The molecule has 0 saturated carbocycles. The van der Waals surface area contributed by atoms with Crippen LogP contribution in [0.25, 0.3) is 5.76 Å². The lowest BCUT2D eigenvalue weighted by Crippen LogP contribution is -2.17. The Morgan fingerprint density at radius 2 is 1.68 bits per heavy atom. The summed E-state index contributed by atoms with van der Waals surface area (Å²) in [5.41, 5.74) is 8.69. The zero-order valence-corrected chi connectivity index (χ0v) is 16.5. The third-order valence-corrected chi connectivity index (χ3v) is 4.20. The van der Waals surface area contributed by atoms with E-state index in [1.54, 1.807) is 43.5 Å². The van der Waals surface area contributed by atoms with Crippen molar-refractivity contribution in [1.82, 2.24) is 5.32 Å². The molecular formula is C22H24N2O4. The zero-order chi connectivity index (χ0) is 20.8. The fourth-order valence-corrected chi connectivity index (χ4v) is 2.82. The maximum atomic E-state index is 12.0. The van der Waals surface area contributed by atoms with Crippen molar-refractivity contribution in [3.8, 4) is 11.5 Å². The van der Waals surface area contributed by atoms with Crippen molar-refractivity contribution in [2.24, 2.45) is 5.73 Å². The lowest BCUT2D eigenvalue weighted by Gasteiger charge is -2.16. The van der Waals surface area contributed by atoms with Crippen molar-refractivity contribution >= 4 is 17.6 Å². The van der Waals surface area contributed by atoms with Gasteiger partial charge in [0.25, 0.3) is 5.91 Å². The first-order valence-corrected chi connectivity index (χ1v) is 8.63. The fraction of sp³-hybridized carbons (Fsp3) is 0.182. The van der Waals surface area contributed by atoms with E-state index >= 15 is 0 Å². The van der Waals surface area contributed by atoms with Crippen LogP contribution in [0, 0.1) is 13.8 Å². The number of allylic oxidation sites excluding steroid dienone is 2. The van der Waals surface area contributed by atoms with E-state index in [2.05, 4.69) is 11.9 Å². The summed E-state index contributed by atoms with van der Waals surface area (Å²) in [7, 11) is 3.06. The molecule has 0 radical (unpaired) electrons. The number of rotatable bonds is 7. The fourth-order valence-electron chi connectivity index (χ4n) is 2.82. The second kappa shape index (κ2) is 8.90. The number of primary amides is 1. The van der Waals surface area contributed by atoms with Crippen LogP contribution in [0.4, 0.5) is 0 Å². The molecule has 0 aliphatic heterocycles. The molecule has 0 aliphatic carbocycles. The Labute approximate surface area is 164 Å². The van der Waals surface area contributed by atoms with Gasteiger partial charge in [-0.15, -0.1) is 0 Å². The molecule has 3 N–H and O–H groups in total. The molecular weight excluding hydrogens is 356 g/mol. The molecule has 2 rings (SSSR count). The number of hydrogen-bond acceptors (Lipinski definition) is 4. The Balaban J connectivity index is 2.54. The Kier molecular flexibility index (Phi) is 6.60. The first-order chi connectivity index (χ1) is 13.3. The first-order valence-electron chi connectivity index (χ1n) is 8.63. The van der Waals surface area contributed by atoms with E-state index in [-0.39, 0.29) is 5.91 Å². The van der Waals surface area contributed by atoms with Gasteiger partial charge in [-0.3, -0.25) is 9.59 Å². The van der Waals surface area contributed by atoms with Gasteiger partial charge in [-0.25, -0.2) is 0 Å². The van der Waals surface area contributed by atoms with Gasteiger partial charge in [-0.2, -0.15) is 0 Å². The number of hydrogen-bond donors (Lipinski definition) is 2. The lowest BCUT2D eigenvalue weighted by atomic mass is 9.98. The van der Waals surface area contributed by atoms with Gasteiger partial charge in [0.1, 0.15) is 17.3 Å². The number of amides is 2. The third kappa shape index (κ3) is 4.59. The van der Waals surface area contributed by atoms with Crippen LogP contribution in [0.5, 0.6) is 11.5 Å². The lowest BCUT2D eigenvalue weighted by molar-refractivity contribution is 0.0960. The van der Waals surface area contributed by atoms with Gasteiger partial charge in [-0.1, -0.05) is 18.7 Å². The number of methoxy groups -OCH3 is 1. The van der Waals surface area contributed by atoms with Crippen molar-refractivity contribution in [2.45, 2.75) is 13.8 Å².